The lowest BCUT2D eigenvalue weighted by Gasteiger charge is -2.30. The zero-order valence-electron chi connectivity index (χ0n) is 11.3. The first-order valence-corrected chi connectivity index (χ1v) is 6.64. The molecule has 17 heavy (non-hydrogen) atoms. The lowest BCUT2D eigenvalue weighted by Crippen LogP contribution is -2.33. The number of anilines is 1. The second kappa shape index (κ2) is 5.54. The van der Waals surface area contributed by atoms with Gasteiger partial charge in [0.05, 0.1) is 0 Å². The van der Waals surface area contributed by atoms with Crippen LogP contribution in [0.5, 0.6) is 0 Å². The maximum absolute atomic E-state index is 2.58. The predicted molar refractivity (Wildman–Crippen MR) is 74.4 cm³/mol. The Bertz CT molecular complexity index is 342. The molecule has 0 amide bonds. The molecule has 2 rings (SSSR count). The molecule has 1 aliphatic heterocycles. The van der Waals surface area contributed by atoms with Crippen LogP contribution in [0.3, 0.4) is 0 Å². The molecule has 1 heterocycles. The van der Waals surface area contributed by atoms with E-state index in [4.69, 9.17) is 0 Å². The molecule has 0 aromatic heterocycles. The van der Waals surface area contributed by atoms with Crippen molar-refractivity contribution in [2.24, 2.45) is 5.92 Å². The van der Waals surface area contributed by atoms with Gasteiger partial charge in [0.25, 0.3) is 0 Å². The van der Waals surface area contributed by atoms with Gasteiger partial charge in [0.15, 0.2) is 0 Å². The number of nitrogens with zero attached hydrogens (tertiary/aromatic N) is 2. The van der Waals surface area contributed by atoms with Crippen molar-refractivity contribution in [3.05, 3.63) is 29.8 Å². The summed E-state index contributed by atoms with van der Waals surface area (Å²) in [5, 5.41) is 0. The summed E-state index contributed by atoms with van der Waals surface area (Å²) in [5.41, 5.74) is 2.71. The van der Waals surface area contributed by atoms with Gasteiger partial charge in [-0.05, 0) is 43.0 Å². The molecule has 2 heteroatoms. The third-order valence-corrected chi connectivity index (χ3v) is 3.60. The van der Waals surface area contributed by atoms with Gasteiger partial charge in [-0.2, -0.15) is 0 Å². The van der Waals surface area contributed by atoms with Gasteiger partial charge in [0.1, 0.15) is 0 Å². The van der Waals surface area contributed by atoms with E-state index in [9.17, 15) is 0 Å². The molecule has 94 valence electrons. The standard InChI is InChI=1S/C15H24N2/c1-13-5-4-10-17(11-13)12-14-6-8-15(9-7-14)16(2)3/h6-9,13H,4-5,10-12H2,1-3H3. The summed E-state index contributed by atoms with van der Waals surface area (Å²) in [6.07, 6.45) is 2.76. The van der Waals surface area contributed by atoms with Crippen LogP contribution in [0.2, 0.25) is 0 Å². The third-order valence-electron chi connectivity index (χ3n) is 3.60. The Morgan fingerprint density at radius 2 is 1.94 bits per heavy atom. The number of likely N-dealkylation sites (tertiary alicyclic amines) is 1. The zero-order valence-corrected chi connectivity index (χ0v) is 11.3. The molecule has 1 fully saturated rings. The van der Waals surface area contributed by atoms with Crippen molar-refractivity contribution < 1.29 is 0 Å². The van der Waals surface area contributed by atoms with Gasteiger partial charge >= 0.3 is 0 Å². The van der Waals surface area contributed by atoms with Gasteiger partial charge in [-0.1, -0.05) is 19.1 Å². The molecule has 0 saturated carbocycles. The van der Waals surface area contributed by atoms with Crippen LogP contribution in [0.15, 0.2) is 24.3 Å². The third kappa shape index (κ3) is 3.47. The van der Waals surface area contributed by atoms with Crippen molar-refractivity contribution >= 4 is 5.69 Å². The van der Waals surface area contributed by atoms with Crippen LogP contribution in [0.25, 0.3) is 0 Å². The molecule has 0 N–H and O–H groups in total. The van der Waals surface area contributed by atoms with E-state index in [0.717, 1.165) is 12.5 Å². The summed E-state index contributed by atoms with van der Waals surface area (Å²) < 4.78 is 0. The minimum Gasteiger partial charge on any atom is -0.378 e. The Morgan fingerprint density at radius 3 is 2.53 bits per heavy atom. The average Bonchev–Trinajstić information content (AvgIpc) is 2.29. The normalized spacial score (nSPS) is 21.5. The monoisotopic (exact) mass is 232 g/mol. The Kier molecular flexibility index (Phi) is 4.06. The average molecular weight is 232 g/mol. The van der Waals surface area contributed by atoms with E-state index in [1.165, 1.54) is 37.2 Å². The van der Waals surface area contributed by atoms with Crippen LogP contribution in [-0.4, -0.2) is 32.1 Å². The Morgan fingerprint density at radius 1 is 1.24 bits per heavy atom. The second-order valence-corrected chi connectivity index (χ2v) is 5.54. The van der Waals surface area contributed by atoms with Crippen molar-refractivity contribution in [2.45, 2.75) is 26.3 Å². The van der Waals surface area contributed by atoms with Gasteiger partial charge in [-0.25, -0.2) is 0 Å². The molecule has 1 aromatic carbocycles. The summed E-state index contributed by atoms with van der Waals surface area (Å²) in [5.74, 6) is 0.866. The second-order valence-electron chi connectivity index (χ2n) is 5.54. The van der Waals surface area contributed by atoms with Crippen molar-refractivity contribution in [3.8, 4) is 0 Å². The number of piperidine rings is 1. The van der Waals surface area contributed by atoms with E-state index < -0.39 is 0 Å². The first-order chi connectivity index (χ1) is 8.15. The van der Waals surface area contributed by atoms with Gasteiger partial charge in [0.2, 0.25) is 0 Å². The molecule has 0 bridgehead atoms. The lowest BCUT2D eigenvalue weighted by atomic mass is 10.00. The maximum atomic E-state index is 2.58. The van der Waals surface area contributed by atoms with E-state index in [2.05, 4.69) is 55.1 Å². The molecule has 1 aliphatic rings. The fourth-order valence-corrected chi connectivity index (χ4v) is 2.59. The smallest absolute Gasteiger partial charge is 0.0361 e. The lowest BCUT2D eigenvalue weighted by molar-refractivity contribution is 0.176. The van der Waals surface area contributed by atoms with Crippen molar-refractivity contribution in [3.63, 3.8) is 0 Å². The van der Waals surface area contributed by atoms with E-state index >= 15 is 0 Å². The number of rotatable bonds is 3. The molecule has 1 saturated heterocycles. The predicted octanol–water partition coefficient (Wildman–Crippen LogP) is 2.98. The highest BCUT2D eigenvalue weighted by atomic mass is 15.1. The quantitative estimate of drug-likeness (QED) is 0.790. The van der Waals surface area contributed by atoms with E-state index in [0.29, 0.717) is 0 Å². The fourth-order valence-electron chi connectivity index (χ4n) is 2.59. The molecular formula is C15H24N2. The first kappa shape index (κ1) is 12.4. The number of hydrogen-bond acceptors (Lipinski definition) is 2. The van der Waals surface area contributed by atoms with Crippen LogP contribution < -0.4 is 4.90 Å². The molecule has 1 aromatic rings. The van der Waals surface area contributed by atoms with Crippen molar-refractivity contribution in [2.75, 3.05) is 32.1 Å². The van der Waals surface area contributed by atoms with Gasteiger partial charge in [0, 0.05) is 32.9 Å². The van der Waals surface area contributed by atoms with Crippen LogP contribution in [0, 0.1) is 5.92 Å². The highest BCUT2D eigenvalue weighted by molar-refractivity contribution is 5.45. The summed E-state index contributed by atoms with van der Waals surface area (Å²) in [7, 11) is 4.17. The highest BCUT2D eigenvalue weighted by Gasteiger charge is 2.15. The summed E-state index contributed by atoms with van der Waals surface area (Å²) in [6, 6.07) is 8.94. The summed E-state index contributed by atoms with van der Waals surface area (Å²) in [4.78, 5) is 4.73. The summed E-state index contributed by atoms with van der Waals surface area (Å²) >= 11 is 0. The van der Waals surface area contributed by atoms with Crippen molar-refractivity contribution in [1.82, 2.24) is 4.90 Å². The topological polar surface area (TPSA) is 6.48 Å². The highest BCUT2D eigenvalue weighted by Crippen LogP contribution is 2.19. The van der Waals surface area contributed by atoms with Gasteiger partial charge in [-0.3, -0.25) is 4.90 Å². The molecule has 0 radical (unpaired) electrons. The Hall–Kier alpha value is -1.02. The zero-order chi connectivity index (χ0) is 12.3. The molecule has 1 unspecified atom stereocenters. The van der Waals surface area contributed by atoms with Gasteiger partial charge < -0.3 is 4.90 Å². The van der Waals surface area contributed by atoms with E-state index in [-0.39, 0.29) is 0 Å². The van der Waals surface area contributed by atoms with Crippen LogP contribution in [0.4, 0.5) is 5.69 Å². The Balaban J connectivity index is 1.94. The van der Waals surface area contributed by atoms with E-state index in [1.54, 1.807) is 0 Å². The largest absolute Gasteiger partial charge is 0.378 e. The number of hydrogen-bond donors (Lipinski definition) is 0. The molecule has 1 atom stereocenters. The Labute approximate surface area is 105 Å². The minimum absolute atomic E-state index is 0.866. The first-order valence-electron chi connectivity index (χ1n) is 6.64. The molecule has 0 aliphatic carbocycles. The fraction of sp³-hybridized carbons (Fsp3) is 0.600. The minimum atomic E-state index is 0.866. The molecular weight excluding hydrogens is 208 g/mol. The van der Waals surface area contributed by atoms with Crippen molar-refractivity contribution in [1.29, 1.82) is 0 Å². The SMILES string of the molecule is CC1CCCN(Cc2ccc(N(C)C)cc2)C1. The molecule has 2 nitrogen and oxygen atoms in total. The van der Waals surface area contributed by atoms with Crippen LogP contribution in [-0.2, 0) is 6.54 Å². The van der Waals surface area contributed by atoms with Gasteiger partial charge in [-0.15, -0.1) is 0 Å². The maximum Gasteiger partial charge on any atom is 0.0361 e. The van der Waals surface area contributed by atoms with Crippen LogP contribution in [0.1, 0.15) is 25.3 Å². The summed E-state index contributed by atoms with van der Waals surface area (Å²) in [6.45, 7) is 5.99. The molecule has 0 spiro atoms. The number of benzene rings is 1. The van der Waals surface area contributed by atoms with E-state index in [1.807, 2.05) is 0 Å². The van der Waals surface area contributed by atoms with Crippen LogP contribution >= 0.6 is 0 Å².